The maximum atomic E-state index is 5.60. The van der Waals surface area contributed by atoms with E-state index in [2.05, 4.69) is 68.2 Å². The van der Waals surface area contributed by atoms with Crippen molar-refractivity contribution in [2.75, 3.05) is 26.7 Å². The van der Waals surface area contributed by atoms with Gasteiger partial charge in [0, 0.05) is 32.8 Å². The Morgan fingerprint density at radius 2 is 2.00 bits per heavy atom. The highest BCUT2D eigenvalue weighted by Crippen LogP contribution is 2.27. The molecular formula is C17H28N2O. The minimum atomic E-state index is -0.108. The first kappa shape index (κ1) is 15.5. The number of nitrogens with zero attached hydrogens (tertiary/aromatic N) is 1. The summed E-state index contributed by atoms with van der Waals surface area (Å²) in [5, 5.41) is 3.71. The van der Waals surface area contributed by atoms with Crippen molar-refractivity contribution in [2.45, 2.75) is 44.9 Å². The molecule has 1 N–H and O–H groups in total. The van der Waals surface area contributed by atoms with E-state index in [4.69, 9.17) is 4.74 Å². The van der Waals surface area contributed by atoms with Gasteiger partial charge in [-0.3, -0.25) is 4.90 Å². The van der Waals surface area contributed by atoms with E-state index in [1.54, 1.807) is 7.11 Å². The van der Waals surface area contributed by atoms with E-state index < -0.39 is 0 Å². The predicted molar refractivity (Wildman–Crippen MR) is 83.9 cm³/mol. The van der Waals surface area contributed by atoms with Gasteiger partial charge < -0.3 is 10.1 Å². The topological polar surface area (TPSA) is 24.5 Å². The van der Waals surface area contributed by atoms with Gasteiger partial charge in [-0.25, -0.2) is 0 Å². The second-order valence-corrected chi connectivity index (χ2v) is 6.80. The second-order valence-electron chi connectivity index (χ2n) is 6.80. The lowest BCUT2D eigenvalue weighted by Crippen LogP contribution is -2.62. The Hall–Kier alpha value is -0.900. The number of ether oxygens (including phenoxy) is 1. The van der Waals surface area contributed by atoms with Crippen molar-refractivity contribution in [3.05, 3.63) is 35.9 Å². The van der Waals surface area contributed by atoms with Gasteiger partial charge in [-0.2, -0.15) is 0 Å². The molecule has 0 amide bonds. The van der Waals surface area contributed by atoms with E-state index in [0.717, 1.165) is 19.6 Å². The first-order valence-electron chi connectivity index (χ1n) is 7.46. The van der Waals surface area contributed by atoms with Crippen LogP contribution in [0.4, 0.5) is 0 Å². The third-order valence-corrected chi connectivity index (χ3v) is 4.48. The molecule has 1 aliphatic heterocycles. The summed E-state index contributed by atoms with van der Waals surface area (Å²) in [7, 11) is 1.79. The van der Waals surface area contributed by atoms with E-state index in [9.17, 15) is 0 Å². The van der Waals surface area contributed by atoms with Gasteiger partial charge in [0.1, 0.15) is 0 Å². The molecule has 1 aromatic rings. The average Bonchev–Trinajstić information content (AvgIpc) is 2.44. The van der Waals surface area contributed by atoms with Gasteiger partial charge in [0.05, 0.1) is 11.1 Å². The lowest BCUT2D eigenvalue weighted by atomic mass is 9.88. The molecule has 1 saturated heterocycles. The minimum Gasteiger partial charge on any atom is -0.377 e. The molecule has 2 rings (SSSR count). The van der Waals surface area contributed by atoms with Crippen LogP contribution < -0.4 is 5.32 Å². The SMILES string of the molecule is COC(C)(C)CN1CC(C)(c2ccccc2)NCC1C. The summed E-state index contributed by atoms with van der Waals surface area (Å²) >= 11 is 0. The summed E-state index contributed by atoms with van der Waals surface area (Å²) in [6.07, 6.45) is 0. The van der Waals surface area contributed by atoms with Gasteiger partial charge >= 0.3 is 0 Å². The lowest BCUT2D eigenvalue weighted by molar-refractivity contribution is -0.0328. The molecule has 0 radical (unpaired) electrons. The third kappa shape index (κ3) is 3.40. The van der Waals surface area contributed by atoms with Crippen molar-refractivity contribution in [1.29, 1.82) is 0 Å². The van der Waals surface area contributed by atoms with Gasteiger partial charge in [-0.05, 0) is 33.3 Å². The quantitative estimate of drug-likeness (QED) is 0.915. The van der Waals surface area contributed by atoms with E-state index in [1.165, 1.54) is 5.56 Å². The molecule has 1 aromatic carbocycles. The monoisotopic (exact) mass is 276 g/mol. The van der Waals surface area contributed by atoms with E-state index >= 15 is 0 Å². The van der Waals surface area contributed by atoms with Crippen molar-refractivity contribution in [2.24, 2.45) is 0 Å². The maximum absolute atomic E-state index is 5.60. The fourth-order valence-corrected chi connectivity index (χ4v) is 2.88. The van der Waals surface area contributed by atoms with Crippen LogP contribution in [0.2, 0.25) is 0 Å². The molecule has 112 valence electrons. The molecule has 0 saturated carbocycles. The van der Waals surface area contributed by atoms with Crippen molar-refractivity contribution < 1.29 is 4.74 Å². The van der Waals surface area contributed by atoms with E-state index in [-0.39, 0.29) is 11.1 Å². The van der Waals surface area contributed by atoms with Crippen LogP contribution in [0, 0.1) is 0 Å². The van der Waals surface area contributed by atoms with Crippen LogP contribution in [0.1, 0.15) is 33.3 Å². The Balaban J connectivity index is 2.15. The van der Waals surface area contributed by atoms with Crippen LogP contribution >= 0.6 is 0 Å². The first-order valence-corrected chi connectivity index (χ1v) is 7.46. The highest BCUT2D eigenvalue weighted by Gasteiger charge is 2.37. The Morgan fingerprint density at radius 3 is 2.60 bits per heavy atom. The molecule has 1 fully saturated rings. The summed E-state index contributed by atoms with van der Waals surface area (Å²) in [5.74, 6) is 0. The third-order valence-electron chi connectivity index (χ3n) is 4.48. The first-order chi connectivity index (χ1) is 9.36. The normalized spacial score (nSPS) is 28.6. The summed E-state index contributed by atoms with van der Waals surface area (Å²) in [6, 6.07) is 11.3. The van der Waals surface area contributed by atoms with Gasteiger partial charge in [-0.15, -0.1) is 0 Å². The summed E-state index contributed by atoms with van der Waals surface area (Å²) in [4.78, 5) is 2.53. The summed E-state index contributed by atoms with van der Waals surface area (Å²) < 4.78 is 5.60. The van der Waals surface area contributed by atoms with Crippen LogP contribution in [0.5, 0.6) is 0 Å². The summed E-state index contributed by atoms with van der Waals surface area (Å²) in [5.41, 5.74) is 1.26. The lowest BCUT2D eigenvalue weighted by Gasteiger charge is -2.47. The Bertz CT molecular complexity index is 432. The zero-order valence-electron chi connectivity index (χ0n) is 13.4. The van der Waals surface area contributed by atoms with Crippen LogP contribution in [0.25, 0.3) is 0 Å². The number of rotatable bonds is 4. The number of piperazine rings is 1. The molecule has 0 aromatic heterocycles. The number of hydrogen-bond acceptors (Lipinski definition) is 3. The van der Waals surface area contributed by atoms with Crippen molar-refractivity contribution in [3.63, 3.8) is 0 Å². The molecule has 1 aliphatic rings. The van der Waals surface area contributed by atoms with Gasteiger partial charge in [0.15, 0.2) is 0 Å². The largest absolute Gasteiger partial charge is 0.377 e. The molecule has 20 heavy (non-hydrogen) atoms. The predicted octanol–water partition coefficient (Wildman–Crippen LogP) is 2.62. The van der Waals surface area contributed by atoms with Crippen LogP contribution in [0.3, 0.4) is 0 Å². The highest BCUT2D eigenvalue weighted by atomic mass is 16.5. The van der Waals surface area contributed by atoms with Crippen LogP contribution in [0.15, 0.2) is 30.3 Å². The zero-order valence-corrected chi connectivity index (χ0v) is 13.4. The zero-order chi connectivity index (χ0) is 14.8. The number of methoxy groups -OCH3 is 1. The molecule has 0 spiro atoms. The van der Waals surface area contributed by atoms with Crippen molar-refractivity contribution in [3.8, 4) is 0 Å². The van der Waals surface area contributed by atoms with E-state index in [0.29, 0.717) is 6.04 Å². The molecule has 2 unspecified atom stereocenters. The number of benzene rings is 1. The Kier molecular flexibility index (Phi) is 4.52. The molecule has 3 heteroatoms. The summed E-state index contributed by atoms with van der Waals surface area (Å²) in [6.45, 7) is 11.8. The Labute approximate surface area is 123 Å². The number of hydrogen-bond donors (Lipinski definition) is 1. The van der Waals surface area contributed by atoms with Gasteiger partial charge in [0.2, 0.25) is 0 Å². The minimum absolute atomic E-state index is 0.0115. The fourth-order valence-electron chi connectivity index (χ4n) is 2.88. The standard InChI is InChI=1S/C17H28N2O/c1-14-11-18-17(4,15-9-7-6-8-10-15)13-19(14)12-16(2,3)20-5/h6-10,14,18H,11-13H2,1-5H3. The molecule has 2 atom stereocenters. The molecule has 0 aliphatic carbocycles. The molecule has 0 bridgehead atoms. The smallest absolute Gasteiger partial charge is 0.0749 e. The van der Waals surface area contributed by atoms with Crippen LogP contribution in [-0.2, 0) is 10.3 Å². The van der Waals surface area contributed by atoms with Gasteiger partial charge in [-0.1, -0.05) is 30.3 Å². The molecular weight excluding hydrogens is 248 g/mol. The van der Waals surface area contributed by atoms with Crippen molar-refractivity contribution in [1.82, 2.24) is 10.2 Å². The number of nitrogens with one attached hydrogen (secondary N) is 1. The molecule has 3 nitrogen and oxygen atoms in total. The molecule has 1 heterocycles. The van der Waals surface area contributed by atoms with Gasteiger partial charge in [0.25, 0.3) is 0 Å². The maximum Gasteiger partial charge on any atom is 0.0749 e. The second kappa shape index (κ2) is 5.84. The highest BCUT2D eigenvalue weighted by molar-refractivity contribution is 5.25. The van der Waals surface area contributed by atoms with E-state index in [1.807, 2.05) is 0 Å². The van der Waals surface area contributed by atoms with Crippen LogP contribution in [-0.4, -0.2) is 43.3 Å². The average molecular weight is 276 g/mol. The fraction of sp³-hybridized carbons (Fsp3) is 0.647. The van der Waals surface area contributed by atoms with Crippen molar-refractivity contribution >= 4 is 0 Å². The Morgan fingerprint density at radius 1 is 1.35 bits per heavy atom.